The molecular weight excluding hydrogens is 389 g/mol. The molecule has 1 aromatic carbocycles. The Morgan fingerprint density at radius 1 is 1.04 bits per heavy atom. The zero-order chi connectivity index (χ0) is 20.1. The predicted octanol–water partition coefficient (Wildman–Crippen LogP) is 5.90. The lowest BCUT2D eigenvalue weighted by molar-refractivity contribution is 0.364. The van der Waals surface area contributed by atoms with E-state index in [4.69, 9.17) is 0 Å². The molecule has 0 amide bonds. The average molecular weight is 407 g/mol. The highest BCUT2D eigenvalue weighted by molar-refractivity contribution is 8.45. The summed E-state index contributed by atoms with van der Waals surface area (Å²) >= 11 is 0. The van der Waals surface area contributed by atoms with E-state index in [-0.39, 0.29) is 5.92 Å². The van der Waals surface area contributed by atoms with E-state index >= 15 is 0 Å². The van der Waals surface area contributed by atoms with E-state index in [0.717, 1.165) is 12.1 Å². The van der Waals surface area contributed by atoms with Crippen LogP contribution in [0.4, 0.5) is 25.2 Å². The Labute approximate surface area is 152 Å². The number of fused-ring (bicyclic) bond motifs is 1. The van der Waals surface area contributed by atoms with Crippen molar-refractivity contribution in [1.82, 2.24) is 19.6 Å². The molecule has 2 heterocycles. The standard InChI is InChI=1S/C16H18F5N5S/c1-10(2)15(12-4-6-13(7-5-12)27(17,18,19,20)21)25-14-8-11(3)24-16-22-9-23-26(14)16/h4-10,15,25H,1-3H3. The number of benzene rings is 1. The largest absolute Gasteiger partial charge is 0.363 e. The average Bonchev–Trinajstić information content (AvgIpc) is 2.98. The van der Waals surface area contributed by atoms with Crippen LogP contribution in [0.15, 0.2) is 41.6 Å². The summed E-state index contributed by atoms with van der Waals surface area (Å²) in [5, 5.41) is 7.27. The minimum Gasteiger partial charge on any atom is -0.363 e. The summed E-state index contributed by atoms with van der Waals surface area (Å²) < 4.78 is 66.1. The molecule has 0 spiro atoms. The number of nitrogens with one attached hydrogen (secondary N) is 1. The van der Waals surface area contributed by atoms with Crippen molar-refractivity contribution in [3.05, 3.63) is 47.9 Å². The highest BCUT2D eigenvalue weighted by atomic mass is 32.5. The SMILES string of the molecule is Cc1cc(NC(c2ccc(S(F)(F)(F)(F)F)cc2)C(C)C)n2ncnc2n1. The summed E-state index contributed by atoms with van der Waals surface area (Å²) in [6, 6.07) is 4.27. The molecule has 0 fully saturated rings. The first-order valence-electron chi connectivity index (χ1n) is 8.02. The van der Waals surface area contributed by atoms with Crippen LogP contribution in [0, 0.1) is 12.8 Å². The fourth-order valence-electron chi connectivity index (χ4n) is 2.76. The first-order valence-corrected chi connectivity index (χ1v) is 9.98. The van der Waals surface area contributed by atoms with E-state index in [2.05, 4.69) is 20.4 Å². The van der Waals surface area contributed by atoms with Crippen molar-refractivity contribution in [2.24, 2.45) is 5.92 Å². The molecule has 1 unspecified atom stereocenters. The van der Waals surface area contributed by atoms with Gasteiger partial charge in [0.25, 0.3) is 5.78 Å². The number of aromatic nitrogens is 4. The first kappa shape index (κ1) is 19.3. The maximum absolute atomic E-state index is 12.9. The van der Waals surface area contributed by atoms with E-state index in [0.29, 0.717) is 35.0 Å². The fraction of sp³-hybridized carbons (Fsp3) is 0.312. The molecule has 5 nitrogen and oxygen atoms in total. The smallest absolute Gasteiger partial charge is 0.310 e. The molecule has 27 heavy (non-hydrogen) atoms. The van der Waals surface area contributed by atoms with Crippen LogP contribution in [-0.4, -0.2) is 19.6 Å². The summed E-state index contributed by atoms with van der Waals surface area (Å²) in [5.41, 5.74) is 1.12. The molecule has 1 atom stereocenters. The Morgan fingerprint density at radius 3 is 2.22 bits per heavy atom. The lowest BCUT2D eigenvalue weighted by atomic mass is 9.96. The Kier molecular flexibility index (Phi) is 3.96. The summed E-state index contributed by atoms with van der Waals surface area (Å²) in [7, 11) is -9.69. The molecular formula is C16H18F5N5S. The van der Waals surface area contributed by atoms with Crippen molar-refractivity contribution in [1.29, 1.82) is 0 Å². The van der Waals surface area contributed by atoms with E-state index in [1.807, 2.05) is 13.8 Å². The minimum atomic E-state index is -9.69. The second-order valence-electron chi connectivity index (χ2n) is 6.66. The quantitative estimate of drug-likeness (QED) is 0.535. The molecule has 11 heteroatoms. The summed E-state index contributed by atoms with van der Waals surface area (Å²) in [4.78, 5) is 6.33. The Bertz CT molecular complexity index is 983. The second-order valence-corrected chi connectivity index (χ2v) is 9.07. The van der Waals surface area contributed by atoms with Crippen molar-refractivity contribution in [2.75, 3.05) is 5.32 Å². The number of halogens is 5. The van der Waals surface area contributed by atoms with E-state index in [1.54, 1.807) is 13.0 Å². The van der Waals surface area contributed by atoms with Gasteiger partial charge in [-0.25, -0.2) is 4.98 Å². The molecule has 0 aliphatic rings. The maximum Gasteiger partial charge on any atom is 0.310 e. The highest BCUT2D eigenvalue weighted by Gasteiger charge is 2.65. The van der Waals surface area contributed by atoms with Crippen LogP contribution in [0.2, 0.25) is 0 Å². The van der Waals surface area contributed by atoms with E-state index in [1.165, 1.54) is 10.8 Å². The van der Waals surface area contributed by atoms with Gasteiger partial charge in [0.05, 0.1) is 6.04 Å². The number of aryl methyl sites for hydroxylation is 1. The summed E-state index contributed by atoms with van der Waals surface area (Å²) in [6.45, 7) is 5.50. The molecule has 0 aliphatic heterocycles. The van der Waals surface area contributed by atoms with Gasteiger partial charge in [-0.05, 0) is 30.5 Å². The molecule has 2 aromatic heterocycles. The topological polar surface area (TPSA) is 55.1 Å². The Balaban J connectivity index is 1.98. The van der Waals surface area contributed by atoms with Gasteiger partial charge in [0.1, 0.15) is 17.0 Å². The van der Waals surface area contributed by atoms with Gasteiger partial charge in [-0.15, -0.1) is 0 Å². The predicted molar refractivity (Wildman–Crippen MR) is 94.6 cm³/mol. The molecule has 0 saturated heterocycles. The third-order valence-corrected chi connectivity index (χ3v) is 5.20. The molecule has 0 saturated carbocycles. The lowest BCUT2D eigenvalue weighted by Crippen LogP contribution is -2.19. The van der Waals surface area contributed by atoms with Gasteiger partial charge in [0, 0.05) is 11.8 Å². The third kappa shape index (κ3) is 4.12. The number of hydrogen-bond acceptors (Lipinski definition) is 4. The second kappa shape index (κ2) is 5.54. The summed E-state index contributed by atoms with van der Waals surface area (Å²) in [6.07, 6.45) is 1.33. The van der Waals surface area contributed by atoms with Crippen molar-refractivity contribution in [2.45, 2.75) is 31.7 Å². The monoisotopic (exact) mass is 407 g/mol. The normalized spacial score (nSPS) is 16.2. The van der Waals surface area contributed by atoms with Gasteiger partial charge < -0.3 is 5.32 Å². The third-order valence-electron chi connectivity index (χ3n) is 4.03. The Morgan fingerprint density at radius 2 is 1.67 bits per heavy atom. The molecule has 3 rings (SSSR count). The van der Waals surface area contributed by atoms with Crippen molar-refractivity contribution < 1.29 is 19.4 Å². The number of rotatable bonds is 5. The van der Waals surface area contributed by atoms with Gasteiger partial charge in [-0.1, -0.05) is 45.4 Å². The molecule has 0 radical (unpaired) electrons. The van der Waals surface area contributed by atoms with Gasteiger partial charge in [-0.2, -0.15) is 14.6 Å². The molecule has 0 aliphatic carbocycles. The fourth-order valence-corrected chi connectivity index (χ4v) is 3.41. The number of hydrogen-bond donors (Lipinski definition) is 1. The van der Waals surface area contributed by atoms with E-state index < -0.39 is 21.2 Å². The van der Waals surface area contributed by atoms with Crippen LogP contribution in [-0.2, 0) is 0 Å². The Hall–Kier alpha value is -2.43. The zero-order valence-corrected chi connectivity index (χ0v) is 15.5. The molecule has 3 aromatic rings. The zero-order valence-electron chi connectivity index (χ0n) is 14.7. The minimum absolute atomic E-state index is 0.0529. The van der Waals surface area contributed by atoms with Crippen LogP contribution in [0.3, 0.4) is 0 Å². The number of nitrogens with zero attached hydrogens (tertiary/aromatic N) is 4. The molecule has 0 bridgehead atoms. The lowest BCUT2D eigenvalue weighted by Gasteiger charge is -2.40. The van der Waals surface area contributed by atoms with Crippen LogP contribution in [0.1, 0.15) is 31.1 Å². The molecule has 148 valence electrons. The van der Waals surface area contributed by atoms with Gasteiger partial charge >= 0.3 is 10.2 Å². The van der Waals surface area contributed by atoms with E-state index in [9.17, 15) is 19.4 Å². The van der Waals surface area contributed by atoms with Gasteiger partial charge in [0.2, 0.25) is 0 Å². The first-order chi connectivity index (χ1) is 12.2. The highest BCUT2D eigenvalue weighted by Crippen LogP contribution is 3.02. The summed E-state index contributed by atoms with van der Waals surface area (Å²) in [5.74, 6) is 0.865. The van der Waals surface area contributed by atoms with Crippen LogP contribution in [0.5, 0.6) is 0 Å². The van der Waals surface area contributed by atoms with Crippen molar-refractivity contribution >= 4 is 21.8 Å². The van der Waals surface area contributed by atoms with Crippen LogP contribution >= 0.6 is 10.2 Å². The van der Waals surface area contributed by atoms with Gasteiger partial charge in [0.15, 0.2) is 0 Å². The number of anilines is 1. The van der Waals surface area contributed by atoms with Gasteiger partial charge in [-0.3, -0.25) is 0 Å². The van der Waals surface area contributed by atoms with Crippen molar-refractivity contribution in [3.8, 4) is 0 Å². The van der Waals surface area contributed by atoms with Crippen LogP contribution < -0.4 is 5.32 Å². The van der Waals surface area contributed by atoms with Crippen molar-refractivity contribution in [3.63, 3.8) is 0 Å². The molecule has 1 N–H and O–H groups in total. The maximum atomic E-state index is 12.9. The van der Waals surface area contributed by atoms with Crippen LogP contribution in [0.25, 0.3) is 5.78 Å².